The van der Waals surface area contributed by atoms with Crippen molar-refractivity contribution in [1.82, 2.24) is 0 Å². The van der Waals surface area contributed by atoms with E-state index in [4.69, 9.17) is 10.9 Å². The predicted octanol–water partition coefficient (Wildman–Crippen LogP) is 1.46. The summed E-state index contributed by atoms with van der Waals surface area (Å²) in [6.45, 7) is 4.10. The van der Waals surface area contributed by atoms with Crippen LogP contribution in [0, 0.1) is 5.41 Å². The molecule has 0 radical (unpaired) electrons. The second-order valence-corrected chi connectivity index (χ2v) is 6.28. The van der Waals surface area contributed by atoms with E-state index in [0.717, 1.165) is 0 Å². The van der Waals surface area contributed by atoms with E-state index < -0.39 is 15.4 Å². The highest BCUT2D eigenvalue weighted by Gasteiger charge is 2.33. The molecular weight excluding hydrogens is 314 g/mol. The summed E-state index contributed by atoms with van der Waals surface area (Å²) < 4.78 is 22.3. The molecule has 0 spiro atoms. The van der Waals surface area contributed by atoms with Crippen LogP contribution in [0.4, 0.5) is 5.69 Å². The zero-order valence-electron chi connectivity index (χ0n) is 12.1. The lowest BCUT2D eigenvalue weighted by Crippen LogP contribution is -2.41. The molecular formula is C13H22ClN3O3S. The summed E-state index contributed by atoms with van der Waals surface area (Å²) in [5.41, 5.74) is 5.63. The summed E-state index contributed by atoms with van der Waals surface area (Å²) in [6, 6.07) is 5.72. The summed E-state index contributed by atoms with van der Waals surface area (Å²) in [6.07, 6.45) is 1.28. The monoisotopic (exact) mass is 335 g/mol. The lowest BCUT2D eigenvalue weighted by Gasteiger charge is -2.28. The zero-order valence-corrected chi connectivity index (χ0v) is 13.8. The number of carbonyl (C=O) groups excluding carboxylic acids is 1. The van der Waals surface area contributed by atoms with E-state index in [1.54, 1.807) is 0 Å². The largest absolute Gasteiger partial charge is 0.329 e. The fourth-order valence-corrected chi connectivity index (χ4v) is 2.46. The minimum atomic E-state index is -3.72. The van der Waals surface area contributed by atoms with Gasteiger partial charge in [0.1, 0.15) is 0 Å². The van der Waals surface area contributed by atoms with Crippen LogP contribution in [0.15, 0.2) is 29.2 Å². The second-order valence-electron chi connectivity index (χ2n) is 4.72. The number of primary sulfonamides is 1. The van der Waals surface area contributed by atoms with Crippen LogP contribution in [0.25, 0.3) is 0 Å². The first-order chi connectivity index (χ1) is 9.29. The minimum absolute atomic E-state index is 0. The topological polar surface area (TPSA) is 115 Å². The van der Waals surface area contributed by atoms with Crippen molar-refractivity contribution >= 4 is 34.0 Å². The molecule has 5 N–H and O–H groups in total. The van der Waals surface area contributed by atoms with Gasteiger partial charge in [-0.1, -0.05) is 13.8 Å². The zero-order chi connectivity index (χ0) is 15.4. The lowest BCUT2D eigenvalue weighted by molar-refractivity contribution is -0.125. The van der Waals surface area contributed by atoms with Gasteiger partial charge in [-0.15, -0.1) is 12.4 Å². The SMILES string of the molecule is CCC(CC)(CN)C(=O)Nc1ccc(S(N)(=O)=O)cc1.Cl. The normalized spacial score (nSPS) is 11.6. The number of nitrogens with two attached hydrogens (primary N) is 2. The molecule has 1 aromatic rings. The summed E-state index contributed by atoms with van der Waals surface area (Å²) in [5.74, 6) is -0.159. The van der Waals surface area contributed by atoms with E-state index in [9.17, 15) is 13.2 Å². The van der Waals surface area contributed by atoms with E-state index >= 15 is 0 Å². The number of benzene rings is 1. The molecule has 1 aromatic carbocycles. The molecule has 0 heterocycles. The van der Waals surface area contributed by atoms with E-state index in [1.165, 1.54) is 24.3 Å². The third-order valence-corrected chi connectivity index (χ3v) is 4.60. The van der Waals surface area contributed by atoms with Crippen molar-refractivity contribution < 1.29 is 13.2 Å². The Kier molecular flexibility index (Phi) is 7.32. The van der Waals surface area contributed by atoms with E-state index in [-0.39, 0.29) is 29.8 Å². The molecule has 120 valence electrons. The lowest BCUT2D eigenvalue weighted by atomic mass is 9.81. The van der Waals surface area contributed by atoms with Crippen LogP contribution in [-0.2, 0) is 14.8 Å². The van der Waals surface area contributed by atoms with Crippen LogP contribution in [0.2, 0.25) is 0 Å². The van der Waals surface area contributed by atoms with Gasteiger partial charge in [-0.25, -0.2) is 13.6 Å². The molecule has 0 fully saturated rings. The highest BCUT2D eigenvalue weighted by Crippen LogP contribution is 2.27. The van der Waals surface area contributed by atoms with Crippen molar-refractivity contribution in [2.24, 2.45) is 16.3 Å². The molecule has 0 atom stereocenters. The Morgan fingerprint density at radius 2 is 1.67 bits per heavy atom. The first-order valence-electron chi connectivity index (χ1n) is 6.43. The third kappa shape index (κ3) is 4.67. The Morgan fingerprint density at radius 1 is 1.19 bits per heavy atom. The third-order valence-electron chi connectivity index (χ3n) is 3.67. The molecule has 21 heavy (non-hydrogen) atoms. The molecule has 0 aliphatic heterocycles. The van der Waals surface area contributed by atoms with Crippen molar-refractivity contribution in [1.29, 1.82) is 0 Å². The van der Waals surface area contributed by atoms with Crippen molar-refractivity contribution in [3.05, 3.63) is 24.3 Å². The van der Waals surface area contributed by atoms with Gasteiger partial charge in [0, 0.05) is 12.2 Å². The van der Waals surface area contributed by atoms with Gasteiger partial charge in [-0.2, -0.15) is 0 Å². The van der Waals surface area contributed by atoms with Gasteiger partial charge in [0.05, 0.1) is 10.3 Å². The van der Waals surface area contributed by atoms with Crippen LogP contribution in [0.5, 0.6) is 0 Å². The first kappa shape index (κ1) is 19.9. The molecule has 1 rings (SSSR count). The minimum Gasteiger partial charge on any atom is -0.329 e. The number of halogens is 1. The Bertz CT molecular complexity index is 561. The number of sulfonamides is 1. The van der Waals surface area contributed by atoms with Gasteiger partial charge >= 0.3 is 0 Å². The molecule has 0 aromatic heterocycles. The highest BCUT2D eigenvalue weighted by atomic mass is 35.5. The molecule has 0 unspecified atom stereocenters. The van der Waals surface area contributed by atoms with Crippen molar-refractivity contribution in [3.8, 4) is 0 Å². The summed E-state index contributed by atoms with van der Waals surface area (Å²) in [5, 5.41) is 7.77. The average molecular weight is 336 g/mol. The van der Waals surface area contributed by atoms with Crippen LogP contribution in [-0.4, -0.2) is 20.9 Å². The molecule has 0 bridgehead atoms. The van der Waals surface area contributed by atoms with Gasteiger partial charge in [0.2, 0.25) is 15.9 Å². The summed E-state index contributed by atoms with van der Waals surface area (Å²) >= 11 is 0. The fourth-order valence-electron chi connectivity index (χ4n) is 1.94. The van der Waals surface area contributed by atoms with Crippen LogP contribution >= 0.6 is 12.4 Å². The molecule has 0 aliphatic carbocycles. The van der Waals surface area contributed by atoms with Crippen molar-refractivity contribution in [2.45, 2.75) is 31.6 Å². The second kappa shape index (κ2) is 7.74. The number of amides is 1. The molecule has 8 heteroatoms. The standard InChI is InChI=1S/C13H21N3O3S.ClH/c1-3-13(4-2,9-14)12(17)16-10-5-7-11(8-6-10)20(15,18)19;/h5-8H,3-4,9,14H2,1-2H3,(H,16,17)(H2,15,18,19);1H. The summed E-state index contributed by atoms with van der Waals surface area (Å²) in [4.78, 5) is 12.3. The molecule has 0 aliphatic rings. The summed E-state index contributed by atoms with van der Waals surface area (Å²) in [7, 11) is -3.72. The molecule has 0 saturated carbocycles. The Labute approximate surface area is 131 Å². The number of hydrogen-bond acceptors (Lipinski definition) is 4. The molecule has 1 amide bonds. The van der Waals surface area contributed by atoms with Crippen LogP contribution in [0.3, 0.4) is 0 Å². The fraction of sp³-hybridized carbons (Fsp3) is 0.462. The number of carbonyl (C=O) groups is 1. The maximum atomic E-state index is 12.3. The molecule has 0 saturated heterocycles. The number of nitrogens with one attached hydrogen (secondary N) is 1. The smallest absolute Gasteiger partial charge is 0.238 e. The van der Waals surface area contributed by atoms with Gasteiger partial charge < -0.3 is 11.1 Å². The highest BCUT2D eigenvalue weighted by molar-refractivity contribution is 7.89. The van der Waals surface area contributed by atoms with E-state index in [2.05, 4.69) is 5.32 Å². The Balaban J connectivity index is 0.00000400. The predicted molar refractivity (Wildman–Crippen MR) is 85.8 cm³/mol. The Morgan fingerprint density at radius 3 is 2.00 bits per heavy atom. The van der Waals surface area contributed by atoms with Crippen molar-refractivity contribution in [2.75, 3.05) is 11.9 Å². The number of hydrogen-bond donors (Lipinski definition) is 3. The maximum Gasteiger partial charge on any atom is 0.238 e. The van der Waals surface area contributed by atoms with Gasteiger partial charge in [0.25, 0.3) is 0 Å². The first-order valence-corrected chi connectivity index (χ1v) is 7.98. The van der Waals surface area contributed by atoms with Crippen LogP contribution < -0.4 is 16.2 Å². The van der Waals surface area contributed by atoms with Crippen molar-refractivity contribution in [3.63, 3.8) is 0 Å². The van der Waals surface area contributed by atoms with Gasteiger partial charge in [-0.3, -0.25) is 4.79 Å². The quantitative estimate of drug-likeness (QED) is 0.729. The average Bonchev–Trinajstić information content (AvgIpc) is 2.41. The number of rotatable bonds is 6. The Hall–Kier alpha value is -1.15. The van der Waals surface area contributed by atoms with E-state index in [1.807, 2.05) is 13.8 Å². The maximum absolute atomic E-state index is 12.3. The molecule has 6 nitrogen and oxygen atoms in total. The number of anilines is 1. The van der Waals surface area contributed by atoms with E-state index in [0.29, 0.717) is 18.5 Å². The van der Waals surface area contributed by atoms with Crippen LogP contribution in [0.1, 0.15) is 26.7 Å². The van der Waals surface area contributed by atoms with Gasteiger partial charge in [-0.05, 0) is 37.1 Å². The van der Waals surface area contributed by atoms with Gasteiger partial charge in [0.15, 0.2) is 0 Å².